The number of ether oxygens (including phenoxy) is 2. The summed E-state index contributed by atoms with van der Waals surface area (Å²) in [6, 6.07) is 9.48. The van der Waals surface area contributed by atoms with Crippen molar-refractivity contribution in [3.63, 3.8) is 0 Å². The largest absolute Gasteiger partial charge is 0.507 e. The van der Waals surface area contributed by atoms with E-state index in [4.69, 9.17) is 9.47 Å². The van der Waals surface area contributed by atoms with E-state index in [0.29, 0.717) is 35.6 Å². The van der Waals surface area contributed by atoms with Gasteiger partial charge in [-0.3, -0.25) is 9.59 Å². The van der Waals surface area contributed by atoms with Crippen LogP contribution >= 0.6 is 0 Å². The Labute approximate surface area is 186 Å². The molecule has 1 aliphatic rings. The fraction of sp³-hybridized carbons (Fsp3) is 0.333. The van der Waals surface area contributed by atoms with E-state index in [1.807, 2.05) is 19.0 Å². The minimum absolute atomic E-state index is 0.0429. The lowest BCUT2D eigenvalue weighted by molar-refractivity contribution is -0.139. The number of amides is 1. The molecule has 0 unspecified atom stereocenters. The molecule has 0 radical (unpaired) electrons. The molecule has 1 atom stereocenters. The maximum atomic E-state index is 13.6. The zero-order chi connectivity index (χ0) is 23.4. The number of hydrogen-bond acceptors (Lipinski definition) is 6. The number of carbonyl (C=O) groups excluding carboxylic acids is 2. The van der Waals surface area contributed by atoms with Gasteiger partial charge in [0.2, 0.25) is 0 Å². The number of aliphatic hydroxyl groups is 1. The number of nitrogens with zero attached hydrogens (tertiary/aromatic N) is 2. The van der Waals surface area contributed by atoms with Gasteiger partial charge in [-0.05, 0) is 63.0 Å². The summed E-state index contributed by atoms with van der Waals surface area (Å²) in [7, 11) is 6.79. The molecule has 2 aromatic carbocycles. The van der Waals surface area contributed by atoms with E-state index in [0.717, 1.165) is 6.54 Å². The standard InChI is InChI=1S/C24H27FN2O5/c1-26(2)12-5-13-27-21(15-6-9-17(25)10-7-15)20(23(29)24(27)30)22(28)16-8-11-18(31-3)19(14-16)32-4/h6-11,14,21,28H,5,12-13H2,1-4H3/t21-/m1/s1. The predicted molar refractivity (Wildman–Crippen MR) is 118 cm³/mol. The van der Waals surface area contributed by atoms with Crippen LogP contribution in [0.25, 0.3) is 5.76 Å². The molecule has 1 fully saturated rings. The van der Waals surface area contributed by atoms with Crippen molar-refractivity contribution in [3.05, 3.63) is 65.0 Å². The fourth-order valence-corrected chi connectivity index (χ4v) is 3.80. The number of halogens is 1. The lowest BCUT2D eigenvalue weighted by Crippen LogP contribution is -2.32. The van der Waals surface area contributed by atoms with E-state index in [1.54, 1.807) is 12.1 Å². The van der Waals surface area contributed by atoms with Crippen LogP contribution in [0.5, 0.6) is 11.5 Å². The minimum atomic E-state index is -0.828. The molecule has 3 rings (SSSR count). The van der Waals surface area contributed by atoms with Crippen molar-refractivity contribution >= 4 is 17.4 Å². The Morgan fingerprint density at radius 3 is 2.31 bits per heavy atom. The highest BCUT2D eigenvalue weighted by Gasteiger charge is 2.45. The van der Waals surface area contributed by atoms with Gasteiger partial charge in [-0.15, -0.1) is 0 Å². The molecular formula is C24H27FN2O5. The molecule has 2 aromatic rings. The number of Topliss-reactive ketones (excluding diaryl/α,β-unsaturated/α-hetero) is 1. The Bertz CT molecular complexity index is 1030. The normalized spacial score (nSPS) is 17.8. The quantitative estimate of drug-likeness (QED) is 0.384. The van der Waals surface area contributed by atoms with Crippen molar-refractivity contribution < 1.29 is 28.6 Å². The van der Waals surface area contributed by atoms with Crippen molar-refractivity contribution in [2.24, 2.45) is 0 Å². The topological polar surface area (TPSA) is 79.3 Å². The third-order valence-electron chi connectivity index (χ3n) is 5.39. The van der Waals surface area contributed by atoms with Crippen molar-refractivity contribution in [2.75, 3.05) is 41.4 Å². The molecule has 1 amide bonds. The van der Waals surface area contributed by atoms with Crippen LogP contribution in [0.4, 0.5) is 4.39 Å². The minimum Gasteiger partial charge on any atom is -0.507 e. The van der Waals surface area contributed by atoms with Crippen LogP contribution in [0.2, 0.25) is 0 Å². The van der Waals surface area contributed by atoms with Crippen molar-refractivity contribution in [2.45, 2.75) is 12.5 Å². The Morgan fingerprint density at radius 1 is 1.06 bits per heavy atom. The summed E-state index contributed by atoms with van der Waals surface area (Å²) in [5.41, 5.74) is 0.803. The molecule has 0 aliphatic carbocycles. The van der Waals surface area contributed by atoms with Crippen LogP contribution in [0.15, 0.2) is 48.0 Å². The number of carbonyl (C=O) groups is 2. The second-order valence-electron chi connectivity index (χ2n) is 7.77. The van der Waals surface area contributed by atoms with Crippen molar-refractivity contribution in [1.29, 1.82) is 0 Å². The van der Waals surface area contributed by atoms with E-state index in [1.165, 1.54) is 49.5 Å². The molecule has 0 aromatic heterocycles. The first-order valence-corrected chi connectivity index (χ1v) is 10.2. The molecule has 1 N–H and O–H groups in total. The van der Waals surface area contributed by atoms with Gasteiger partial charge in [-0.2, -0.15) is 0 Å². The van der Waals surface area contributed by atoms with Gasteiger partial charge in [-0.1, -0.05) is 12.1 Å². The Balaban J connectivity index is 2.11. The number of aliphatic hydroxyl groups excluding tert-OH is 1. The van der Waals surface area contributed by atoms with Crippen LogP contribution < -0.4 is 9.47 Å². The first kappa shape index (κ1) is 23.3. The Morgan fingerprint density at radius 2 is 1.72 bits per heavy atom. The average molecular weight is 442 g/mol. The number of likely N-dealkylation sites (tertiary alicyclic amines) is 1. The van der Waals surface area contributed by atoms with E-state index in [9.17, 15) is 19.1 Å². The Hall–Kier alpha value is -3.39. The molecule has 0 spiro atoms. The molecule has 7 nitrogen and oxygen atoms in total. The van der Waals surface area contributed by atoms with Crippen LogP contribution in [0.3, 0.4) is 0 Å². The molecule has 1 aliphatic heterocycles. The van der Waals surface area contributed by atoms with Gasteiger partial charge < -0.3 is 24.4 Å². The first-order chi connectivity index (χ1) is 15.3. The zero-order valence-electron chi connectivity index (χ0n) is 18.6. The molecule has 32 heavy (non-hydrogen) atoms. The highest BCUT2D eigenvalue weighted by Crippen LogP contribution is 2.40. The molecule has 170 valence electrons. The summed E-state index contributed by atoms with van der Waals surface area (Å²) in [6.07, 6.45) is 0.633. The second-order valence-corrected chi connectivity index (χ2v) is 7.77. The summed E-state index contributed by atoms with van der Waals surface area (Å²) in [5, 5.41) is 11.1. The maximum absolute atomic E-state index is 13.6. The zero-order valence-corrected chi connectivity index (χ0v) is 18.6. The van der Waals surface area contributed by atoms with Gasteiger partial charge in [0.1, 0.15) is 11.6 Å². The van der Waals surface area contributed by atoms with E-state index in [2.05, 4.69) is 0 Å². The van der Waals surface area contributed by atoms with Gasteiger partial charge in [0.25, 0.3) is 11.7 Å². The summed E-state index contributed by atoms with van der Waals surface area (Å²) >= 11 is 0. The van der Waals surface area contributed by atoms with Crippen LogP contribution in [-0.4, -0.2) is 68.0 Å². The second kappa shape index (κ2) is 9.82. The predicted octanol–water partition coefficient (Wildman–Crippen LogP) is 3.22. The lowest BCUT2D eigenvalue weighted by atomic mass is 9.95. The van der Waals surface area contributed by atoms with Crippen molar-refractivity contribution in [3.8, 4) is 11.5 Å². The highest BCUT2D eigenvalue weighted by molar-refractivity contribution is 6.46. The van der Waals surface area contributed by atoms with Gasteiger partial charge >= 0.3 is 0 Å². The van der Waals surface area contributed by atoms with Gasteiger partial charge in [0, 0.05) is 12.1 Å². The van der Waals surface area contributed by atoms with E-state index in [-0.39, 0.29) is 11.3 Å². The number of hydrogen-bond donors (Lipinski definition) is 1. The van der Waals surface area contributed by atoms with E-state index >= 15 is 0 Å². The fourth-order valence-electron chi connectivity index (χ4n) is 3.80. The number of methoxy groups -OCH3 is 2. The smallest absolute Gasteiger partial charge is 0.295 e. The third kappa shape index (κ3) is 4.60. The number of ketones is 1. The molecule has 1 saturated heterocycles. The number of rotatable bonds is 8. The molecule has 1 heterocycles. The summed E-state index contributed by atoms with van der Waals surface area (Å²) in [5.74, 6) is -1.40. The van der Waals surface area contributed by atoms with Crippen LogP contribution in [-0.2, 0) is 9.59 Å². The molecule has 0 bridgehead atoms. The maximum Gasteiger partial charge on any atom is 0.295 e. The molecule has 8 heteroatoms. The summed E-state index contributed by atoms with van der Waals surface area (Å²) < 4.78 is 24.1. The number of benzene rings is 2. The lowest BCUT2D eigenvalue weighted by Gasteiger charge is -2.26. The molecule has 0 saturated carbocycles. The van der Waals surface area contributed by atoms with Crippen LogP contribution in [0, 0.1) is 5.82 Å². The van der Waals surface area contributed by atoms with Gasteiger partial charge in [-0.25, -0.2) is 4.39 Å². The monoisotopic (exact) mass is 442 g/mol. The third-order valence-corrected chi connectivity index (χ3v) is 5.39. The van der Waals surface area contributed by atoms with Crippen molar-refractivity contribution in [1.82, 2.24) is 9.80 Å². The Kier molecular flexibility index (Phi) is 7.15. The highest BCUT2D eigenvalue weighted by atomic mass is 19.1. The van der Waals surface area contributed by atoms with Crippen LogP contribution in [0.1, 0.15) is 23.6 Å². The first-order valence-electron chi connectivity index (χ1n) is 10.2. The average Bonchev–Trinajstić information content (AvgIpc) is 3.03. The SMILES string of the molecule is COc1ccc(C(O)=C2C(=O)C(=O)N(CCCN(C)C)[C@@H]2c2ccc(F)cc2)cc1OC. The van der Waals surface area contributed by atoms with Gasteiger partial charge in [0.05, 0.1) is 25.8 Å². The van der Waals surface area contributed by atoms with E-state index < -0.39 is 23.5 Å². The van der Waals surface area contributed by atoms with Gasteiger partial charge in [0.15, 0.2) is 11.5 Å². The molecular weight excluding hydrogens is 415 g/mol. The summed E-state index contributed by atoms with van der Waals surface area (Å²) in [6.45, 7) is 1.03. The summed E-state index contributed by atoms with van der Waals surface area (Å²) in [4.78, 5) is 29.3.